The first kappa shape index (κ1) is 22.3. The van der Waals surface area contributed by atoms with Crippen molar-refractivity contribution in [1.29, 1.82) is 0 Å². The van der Waals surface area contributed by atoms with Gasteiger partial charge >= 0.3 is 6.09 Å². The predicted molar refractivity (Wildman–Crippen MR) is 124 cm³/mol. The normalized spacial score (nSPS) is 16.4. The van der Waals surface area contributed by atoms with Gasteiger partial charge < -0.3 is 24.4 Å². The molecular formula is C24H30N6O4. The first-order valence-corrected chi connectivity index (χ1v) is 11.8. The Hall–Kier alpha value is -3.53. The number of carbonyl (C=O) groups excluding carboxylic acids is 1. The number of hydrogen-bond donors (Lipinski definition) is 2. The van der Waals surface area contributed by atoms with Crippen molar-refractivity contribution < 1.29 is 19.7 Å². The van der Waals surface area contributed by atoms with Crippen LogP contribution in [0.5, 0.6) is 17.6 Å². The Kier molecular flexibility index (Phi) is 6.14. The first-order valence-electron chi connectivity index (χ1n) is 11.8. The molecule has 3 aromatic heterocycles. The molecule has 10 heteroatoms. The predicted octanol–water partition coefficient (Wildman–Crippen LogP) is 2.25. The van der Waals surface area contributed by atoms with Crippen LogP contribution in [0.2, 0.25) is 0 Å². The van der Waals surface area contributed by atoms with Gasteiger partial charge in [0, 0.05) is 69.6 Å². The average Bonchev–Trinajstić information content (AvgIpc) is 3.39. The van der Waals surface area contributed by atoms with Crippen molar-refractivity contribution in [2.45, 2.75) is 32.1 Å². The van der Waals surface area contributed by atoms with E-state index >= 15 is 0 Å². The molecule has 0 aromatic carbocycles. The molecule has 0 unspecified atom stereocenters. The molecule has 1 aliphatic heterocycles. The number of nitrogens with zero attached hydrogens (tertiary/aromatic N) is 6. The Labute approximate surface area is 198 Å². The van der Waals surface area contributed by atoms with E-state index in [1.807, 2.05) is 17.8 Å². The molecule has 0 spiro atoms. The van der Waals surface area contributed by atoms with Gasteiger partial charge in [-0.05, 0) is 31.7 Å². The molecule has 1 aliphatic carbocycles. The molecule has 4 heterocycles. The zero-order valence-corrected chi connectivity index (χ0v) is 19.4. The molecule has 2 aliphatic rings. The van der Waals surface area contributed by atoms with Crippen molar-refractivity contribution in [2.24, 2.45) is 7.05 Å². The van der Waals surface area contributed by atoms with Crippen LogP contribution in [0, 0.1) is 0 Å². The molecule has 0 atom stereocenters. The highest BCUT2D eigenvalue weighted by Crippen LogP contribution is 2.40. The maximum atomic E-state index is 12.6. The number of ether oxygens (including phenoxy) is 1. The van der Waals surface area contributed by atoms with Gasteiger partial charge in [0.15, 0.2) is 0 Å². The Morgan fingerprint density at radius 1 is 1.03 bits per heavy atom. The summed E-state index contributed by atoms with van der Waals surface area (Å²) >= 11 is 0. The van der Waals surface area contributed by atoms with Crippen LogP contribution >= 0.6 is 0 Å². The van der Waals surface area contributed by atoms with Gasteiger partial charge in [0.05, 0.1) is 23.9 Å². The number of fused-ring (bicyclic) bond motifs is 1. The van der Waals surface area contributed by atoms with Gasteiger partial charge in [-0.1, -0.05) is 0 Å². The summed E-state index contributed by atoms with van der Waals surface area (Å²) in [5.74, 6) is 0.293. The number of imidazole rings is 1. The maximum absolute atomic E-state index is 12.6. The van der Waals surface area contributed by atoms with E-state index in [-0.39, 0.29) is 17.6 Å². The fourth-order valence-corrected chi connectivity index (χ4v) is 4.76. The molecule has 1 amide bonds. The van der Waals surface area contributed by atoms with Gasteiger partial charge in [0.2, 0.25) is 17.6 Å². The molecule has 2 N–H and O–H groups in total. The number of aromatic hydroxyl groups is 2. The van der Waals surface area contributed by atoms with Gasteiger partial charge in [-0.25, -0.2) is 19.3 Å². The smallest absolute Gasteiger partial charge is 0.416 e. The van der Waals surface area contributed by atoms with Crippen molar-refractivity contribution in [3.8, 4) is 23.3 Å². The molecule has 1 fully saturated rings. The second-order valence-electron chi connectivity index (χ2n) is 8.98. The summed E-state index contributed by atoms with van der Waals surface area (Å²) in [5, 5.41) is 21.2. The summed E-state index contributed by atoms with van der Waals surface area (Å²) in [6.07, 6.45) is 9.28. The van der Waals surface area contributed by atoms with E-state index in [4.69, 9.17) is 4.74 Å². The van der Waals surface area contributed by atoms with Gasteiger partial charge in [-0.15, -0.1) is 0 Å². The molecule has 0 radical (unpaired) electrons. The molecule has 0 saturated carbocycles. The molecule has 180 valence electrons. The number of rotatable bonds is 5. The molecule has 34 heavy (non-hydrogen) atoms. The number of piperazine rings is 1. The minimum atomic E-state index is -0.424. The van der Waals surface area contributed by atoms with E-state index in [0.717, 1.165) is 68.6 Å². The number of aromatic nitrogens is 4. The van der Waals surface area contributed by atoms with E-state index in [2.05, 4.69) is 14.9 Å². The highest BCUT2D eigenvalue weighted by Gasteiger charge is 2.26. The highest BCUT2D eigenvalue weighted by atomic mass is 16.6. The van der Waals surface area contributed by atoms with Crippen LogP contribution < -0.4 is 4.74 Å². The zero-order chi connectivity index (χ0) is 23.7. The zero-order valence-electron chi connectivity index (χ0n) is 19.4. The van der Waals surface area contributed by atoms with Crippen LogP contribution in [0.25, 0.3) is 5.69 Å². The molecule has 10 nitrogen and oxygen atoms in total. The standard InChI is InChI=1S/C24H30N6O4/c1-27-15-17(26-16-27)8-9-28-10-12-29(13-11-28)24(33)34-21-7-6-18(14-25-21)30-22(31)19-4-2-3-5-20(19)23(30)32/h6-7,14-16,31-32H,2-5,8-13H2,1H3. The first-order chi connectivity index (χ1) is 16.5. The third kappa shape index (κ3) is 4.45. The summed E-state index contributed by atoms with van der Waals surface area (Å²) in [6.45, 7) is 3.66. The summed E-state index contributed by atoms with van der Waals surface area (Å²) < 4.78 is 8.81. The van der Waals surface area contributed by atoms with Gasteiger partial charge in [0.25, 0.3) is 0 Å². The van der Waals surface area contributed by atoms with Crippen LogP contribution in [0.4, 0.5) is 4.79 Å². The molecular weight excluding hydrogens is 436 g/mol. The number of hydrogen-bond acceptors (Lipinski definition) is 7. The Balaban J connectivity index is 1.15. The lowest BCUT2D eigenvalue weighted by molar-refractivity contribution is 0.110. The van der Waals surface area contributed by atoms with E-state index < -0.39 is 6.09 Å². The second-order valence-corrected chi connectivity index (χ2v) is 8.98. The molecule has 5 rings (SSSR count). The minimum absolute atomic E-state index is 0.0552. The molecule has 0 bridgehead atoms. The monoisotopic (exact) mass is 466 g/mol. The summed E-state index contributed by atoms with van der Waals surface area (Å²) in [5.41, 5.74) is 3.20. The fraction of sp³-hybridized carbons (Fsp3) is 0.458. The lowest BCUT2D eigenvalue weighted by atomic mass is 9.95. The third-order valence-corrected chi connectivity index (χ3v) is 6.68. The molecule has 3 aromatic rings. The summed E-state index contributed by atoms with van der Waals surface area (Å²) in [7, 11) is 1.96. The van der Waals surface area contributed by atoms with E-state index in [1.54, 1.807) is 23.4 Å². The Morgan fingerprint density at radius 3 is 2.32 bits per heavy atom. The SMILES string of the molecule is Cn1cnc(CCN2CCN(C(=O)Oc3ccc(-n4c(O)c5c(c4O)CCCC5)cn3)CC2)c1. The van der Waals surface area contributed by atoms with E-state index in [1.165, 1.54) is 10.8 Å². The van der Waals surface area contributed by atoms with Gasteiger partial charge in [0.1, 0.15) is 0 Å². The third-order valence-electron chi connectivity index (χ3n) is 6.68. The van der Waals surface area contributed by atoms with Crippen LogP contribution in [0.3, 0.4) is 0 Å². The lowest BCUT2D eigenvalue weighted by Gasteiger charge is -2.33. The largest absolute Gasteiger partial charge is 0.494 e. The van der Waals surface area contributed by atoms with Crippen LogP contribution in [0.1, 0.15) is 29.7 Å². The van der Waals surface area contributed by atoms with Crippen molar-refractivity contribution in [3.63, 3.8) is 0 Å². The maximum Gasteiger partial charge on any atom is 0.416 e. The van der Waals surface area contributed by atoms with Crippen molar-refractivity contribution in [1.82, 2.24) is 28.9 Å². The number of aryl methyl sites for hydroxylation is 1. The number of carbonyl (C=O) groups is 1. The quantitative estimate of drug-likeness (QED) is 0.594. The van der Waals surface area contributed by atoms with Gasteiger partial charge in [-0.2, -0.15) is 0 Å². The van der Waals surface area contributed by atoms with Crippen molar-refractivity contribution >= 4 is 6.09 Å². The Morgan fingerprint density at radius 2 is 1.74 bits per heavy atom. The lowest BCUT2D eigenvalue weighted by Crippen LogP contribution is -2.50. The van der Waals surface area contributed by atoms with Gasteiger partial charge in [-0.3, -0.25) is 4.90 Å². The van der Waals surface area contributed by atoms with E-state index in [9.17, 15) is 15.0 Å². The van der Waals surface area contributed by atoms with E-state index in [0.29, 0.717) is 18.8 Å². The fourth-order valence-electron chi connectivity index (χ4n) is 4.76. The van der Waals surface area contributed by atoms with Crippen LogP contribution in [0.15, 0.2) is 30.9 Å². The average molecular weight is 467 g/mol. The number of amides is 1. The second kappa shape index (κ2) is 9.38. The molecule has 1 saturated heterocycles. The van der Waals surface area contributed by atoms with Crippen LogP contribution in [-0.4, -0.2) is 77.9 Å². The minimum Gasteiger partial charge on any atom is -0.494 e. The van der Waals surface area contributed by atoms with Crippen molar-refractivity contribution in [3.05, 3.63) is 47.7 Å². The summed E-state index contributed by atoms with van der Waals surface area (Å²) in [4.78, 5) is 25.2. The topological polar surface area (TPSA) is 109 Å². The summed E-state index contributed by atoms with van der Waals surface area (Å²) in [6, 6.07) is 3.25. The number of pyridine rings is 1. The highest BCUT2D eigenvalue weighted by molar-refractivity contribution is 5.70. The van der Waals surface area contributed by atoms with Crippen LogP contribution in [-0.2, 0) is 26.3 Å². The Bertz CT molecular complexity index is 1130. The van der Waals surface area contributed by atoms with Crippen molar-refractivity contribution in [2.75, 3.05) is 32.7 Å².